The highest BCUT2D eigenvalue weighted by Gasteiger charge is 2.31. The molecule has 2 atom stereocenters. The van der Waals surface area contributed by atoms with Crippen LogP contribution in [0.2, 0.25) is 0 Å². The molecule has 0 aliphatic heterocycles. The van der Waals surface area contributed by atoms with Gasteiger partial charge in [-0.2, -0.15) is 8.42 Å². The summed E-state index contributed by atoms with van der Waals surface area (Å²) in [5.74, 6) is -1.64. The van der Waals surface area contributed by atoms with E-state index >= 15 is 0 Å². The van der Waals surface area contributed by atoms with Crippen molar-refractivity contribution < 1.29 is 36.5 Å². The van der Waals surface area contributed by atoms with E-state index in [1.165, 1.54) is 24.8 Å². The quantitative estimate of drug-likeness (QED) is 0.295. The van der Waals surface area contributed by atoms with Crippen LogP contribution in [0.3, 0.4) is 0 Å². The molecule has 0 fully saturated rings. The molecular formula is C19H29N3O8S2. The molecule has 0 bridgehead atoms. The van der Waals surface area contributed by atoms with Crippen molar-refractivity contribution in [1.29, 1.82) is 0 Å². The molecule has 2 N–H and O–H groups in total. The Balaban J connectivity index is 3.05. The summed E-state index contributed by atoms with van der Waals surface area (Å²) in [6, 6.07) is 1.68. The number of pyridine rings is 1. The van der Waals surface area contributed by atoms with Crippen LogP contribution in [0.5, 0.6) is 0 Å². The highest BCUT2D eigenvalue weighted by molar-refractivity contribution is 7.98. The maximum Gasteiger partial charge on any atom is 0.407 e. The van der Waals surface area contributed by atoms with E-state index in [-0.39, 0.29) is 12.2 Å². The average Bonchev–Trinajstić information content (AvgIpc) is 2.66. The summed E-state index contributed by atoms with van der Waals surface area (Å²) < 4.78 is 37.4. The Morgan fingerprint density at radius 2 is 1.84 bits per heavy atom. The zero-order valence-electron chi connectivity index (χ0n) is 19.0. The lowest BCUT2D eigenvalue weighted by atomic mass is 10.1. The number of carbonyl (C=O) groups excluding carboxylic acids is 3. The zero-order valence-corrected chi connectivity index (χ0v) is 20.7. The van der Waals surface area contributed by atoms with Crippen molar-refractivity contribution in [2.24, 2.45) is 0 Å². The predicted octanol–water partition coefficient (Wildman–Crippen LogP) is 1.46. The number of amides is 2. The summed E-state index contributed by atoms with van der Waals surface area (Å²) in [6.45, 7) is 6.50. The van der Waals surface area contributed by atoms with Crippen LogP contribution in [0, 0.1) is 0 Å². The second-order valence-corrected chi connectivity index (χ2v) is 10.1. The molecule has 0 saturated heterocycles. The lowest BCUT2D eigenvalue weighted by molar-refractivity contribution is -0.145. The fraction of sp³-hybridized carbons (Fsp3) is 0.579. The average molecular weight is 492 g/mol. The summed E-state index contributed by atoms with van der Waals surface area (Å²) in [7, 11) is -2.79. The van der Waals surface area contributed by atoms with Crippen LogP contribution in [0.15, 0.2) is 17.0 Å². The summed E-state index contributed by atoms with van der Waals surface area (Å²) >= 11 is 1.37. The third kappa shape index (κ3) is 9.40. The number of esters is 1. The van der Waals surface area contributed by atoms with E-state index in [1.807, 2.05) is 6.26 Å². The van der Waals surface area contributed by atoms with Gasteiger partial charge in [0.05, 0.1) is 25.6 Å². The zero-order chi connectivity index (χ0) is 24.7. The Bertz CT molecular complexity index is 944. The highest BCUT2D eigenvalue weighted by atomic mass is 32.2. The van der Waals surface area contributed by atoms with E-state index in [9.17, 15) is 22.8 Å². The van der Waals surface area contributed by atoms with Crippen molar-refractivity contribution in [1.82, 2.24) is 15.6 Å². The molecule has 0 aliphatic carbocycles. The molecule has 0 aliphatic rings. The summed E-state index contributed by atoms with van der Waals surface area (Å²) in [5, 5.41) is 4.96. The molecule has 1 heterocycles. The number of methoxy groups -OCH3 is 1. The maximum atomic E-state index is 12.7. The van der Waals surface area contributed by atoms with Gasteiger partial charge >= 0.3 is 12.1 Å². The third-order valence-corrected chi connectivity index (χ3v) is 5.19. The van der Waals surface area contributed by atoms with Gasteiger partial charge in [0.15, 0.2) is 6.04 Å². The third-order valence-electron chi connectivity index (χ3n) is 3.72. The molecule has 0 spiro atoms. The van der Waals surface area contributed by atoms with Crippen LogP contribution in [0.1, 0.15) is 43.9 Å². The Hall–Kier alpha value is -2.38. The predicted molar refractivity (Wildman–Crippen MR) is 118 cm³/mol. The largest absolute Gasteiger partial charge is 0.467 e. The minimum Gasteiger partial charge on any atom is -0.467 e. The lowest BCUT2D eigenvalue weighted by Gasteiger charge is -2.22. The molecule has 2 amide bonds. The number of hydrogen-bond donors (Lipinski definition) is 2. The minimum absolute atomic E-state index is 0.000227. The first-order valence-corrected chi connectivity index (χ1v) is 12.5. The van der Waals surface area contributed by atoms with E-state index < -0.39 is 45.8 Å². The van der Waals surface area contributed by atoms with Gasteiger partial charge in [-0.25, -0.2) is 14.6 Å². The molecular weight excluding hydrogens is 462 g/mol. The number of carbonyl (C=O) groups is 3. The number of nitrogens with one attached hydrogen (secondary N) is 2. The maximum absolute atomic E-state index is 12.7. The van der Waals surface area contributed by atoms with E-state index in [1.54, 1.807) is 26.8 Å². The van der Waals surface area contributed by atoms with Gasteiger partial charge in [-0.1, -0.05) is 0 Å². The molecule has 11 nitrogen and oxygen atoms in total. The Labute approximate surface area is 192 Å². The molecule has 0 saturated carbocycles. The summed E-state index contributed by atoms with van der Waals surface area (Å²) in [4.78, 5) is 41.7. The van der Waals surface area contributed by atoms with Gasteiger partial charge in [-0.15, -0.1) is 11.8 Å². The Morgan fingerprint density at radius 3 is 2.34 bits per heavy atom. The standard InChI is InChI=1S/C19H29N3O8S2/c1-11(30-32(7,26)27)15(17(24)28-5)22-16(23)12-8-9-14(31-6)13(21-12)10-20-18(25)29-19(2,3)4/h8-9,11,15H,10H2,1-7H3,(H,20,25)(H,22,23). The number of thioether (sulfide) groups is 1. The first-order chi connectivity index (χ1) is 14.7. The molecule has 32 heavy (non-hydrogen) atoms. The summed E-state index contributed by atoms with van der Waals surface area (Å²) in [6.07, 6.45) is 0.774. The van der Waals surface area contributed by atoms with E-state index in [4.69, 9.17) is 8.92 Å². The highest BCUT2D eigenvalue weighted by Crippen LogP contribution is 2.20. The minimum atomic E-state index is -3.88. The van der Waals surface area contributed by atoms with Gasteiger partial charge in [0.2, 0.25) is 0 Å². The first-order valence-electron chi connectivity index (χ1n) is 9.44. The van der Waals surface area contributed by atoms with E-state index in [0.717, 1.165) is 18.3 Å². The monoisotopic (exact) mass is 491 g/mol. The van der Waals surface area contributed by atoms with Crippen molar-refractivity contribution in [2.45, 2.75) is 56.9 Å². The lowest BCUT2D eigenvalue weighted by Crippen LogP contribution is -2.49. The second kappa shape index (κ2) is 11.5. The molecule has 2 unspecified atom stereocenters. The molecule has 1 rings (SSSR count). The number of alkyl carbamates (subject to hydrolysis) is 1. The van der Waals surface area contributed by atoms with Crippen LogP contribution >= 0.6 is 11.8 Å². The van der Waals surface area contributed by atoms with Gasteiger partial charge in [-0.3, -0.25) is 8.98 Å². The molecule has 180 valence electrons. The van der Waals surface area contributed by atoms with Gasteiger partial charge in [0.1, 0.15) is 17.4 Å². The second-order valence-electron chi connectivity index (χ2n) is 7.68. The van der Waals surface area contributed by atoms with Crippen LogP contribution in [-0.4, -0.2) is 68.7 Å². The molecule has 0 aromatic carbocycles. The van der Waals surface area contributed by atoms with Crippen molar-refractivity contribution in [3.05, 3.63) is 23.5 Å². The van der Waals surface area contributed by atoms with Crippen molar-refractivity contribution in [3.8, 4) is 0 Å². The first kappa shape index (κ1) is 27.7. The van der Waals surface area contributed by atoms with Gasteiger partial charge < -0.3 is 20.1 Å². The van der Waals surface area contributed by atoms with Crippen LogP contribution < -0.4 is 10.6 Å². The molecule has 1 aromatic heterocycles. The number of aromatic nitrogens is 1. The number of rotatable bonds is 9. The Morgan fingerprint density at radius 1 is 1.22 bits per heavy atom. The fourth-order valence-electron chi connectivity index (χ4n) is 2.44. The molecule has 13 heteroatoms. The SMILES string of the molecule is COC(=O)C(NC(=O)c1ccc(SC)c(CNC(=O)OC(C)(C)C)n1)C(C)OS(C)(=O)=O. The normalized spacial score (nSPS) is 13.6. The summed E-state index contributed by atoms with van der Waals surface area (Å²) in [5.41, 5.74) is -0.315. The molecule has 0 radical (unpaired) electrons. The van der Waals surface area contributed by atoms with E-state index in [2.05, 4.69) is 20.4 Å². The Kier molecular flexibility index (Phi) is 9.92. The van der Waals surface area contributed by atoms with Gasteiger partial charge in [0, 0.05) is 4.90 Å². The van der Waals surface area contributed by atoms with Gasteiger partial charge in [-0.05, 0) is 46.1 Å². The fourth-order valence-corrected chi connectivity index (χ4v) is 3.66. The van der Waals surface area contributed by atoms with Crippen molar-refractivity contribution >= 4 is 39.8 Å². The smallest absolute Gasteiger partial charge is 0.407 e. The topological polar surface area (TPSA) is 150 Å². The number of ether oxygens (including phenoxy) is 2. The van der Waals surface area contributed by atoms with Gasteiger partial charge in [0.25, 0.3) is 16.0 Å². The van der Waals surface area contributed by atoms with Crippen LogP contribution in [0.4, 0.5) is 4.79 Å². The van der Waals surface area contributed by atoms with Crippen LogP contribution in [-0.2, 0) is 35.1 Å². The molecule has 1 aromatic rings. The van der Waals surface area contributed by atoms with Crippen molar-refractivity contribution in [2.75, 3.05) is 19.6 Å². The van der Waals surface area contributed by atoms with Crippen LogP contribution in [0.25, 0.3) is 0 Å². The van der Waals surface area contributed by atoms with Crippen molar-refractivity contribution in [3.63, 3.8) is 0 Å². The number of hydrogen-bond acceptors (Lipinski definition) is 10. The number of nitrogens with zero attached hydrogens (tertiary/aromatic N) is 1. The van der Waals surface area contributed by atoms with E-state index in [0.29, 0.717) is 5.69 Å².